The monoisotopic (exact) mass is 466 g/mol. The number of para-hydroxylation sites is 1. The first kappa shape index (κ1) is 26.1. The van der Waals surface area contributed by atoms with Gasteiger partial charge in [0, 0.05) is 37.3 Å². The number of carbonyl (C=O) groups is 1. The minimum Gasteiger partial charge on any atom is -0.496 e. The fraction of sp³-hybridized carbons (Fsp3) is 0.552. The maximum Gasteiger partial charge on any atom is 0.226 e. The molecule has 0 radical (unpaired) electrons. The molecule has 3 rings (SSSR count). The van der Waals surface area contributed by atoms with E-state index in [0.29, 0.717) is 12.5 Å². The van der Waals surface area contributed by atoms with E-state index in [0.717, 1.165) is 68.8 Å². The van der Waals surface area contributed by atoms with E-state index < -0.39 is 0 Å². The van der Waals surface area contributed by atoms with E-state index in [1.165, 1.54) is 11.1 Å². The van der Waals surface area contributed by atoms with Crippen molar-refractivity contribution in [2.24, 2.45) is 0 Å². The molecule has 0 saturated carbocycles. The lowest BCUT2D eigenvalue weighted by Crippen LogP contribution is -2.49. The molecule has 1 heterocycles. The molecule has 0 spiro atoms. The van der Waals surface area contributed by atoms with Crippen molar-refractivity contribution in [3.63, 3.8) is 0 Å². The van der Waals surface area contributed by atoms with Crippen molar-refractivity contribution in [2.75, 3.05) is 32.2 Å². The molecule has 186 valence electrons. The van der Waals surface area contributed by atoms with E-state index in [1.807, 2.05) is 42.2 Å². The number of hydrogen-bond acceptors (Lipinski definition) is 4. The summed E-state index contributed by atoms with van der Waals surface area (Å²) in [7, 11) is 3.51. The van der Waals surface area contributed by atoms with Gasteiger partial charge < -0.3 is 19.3 Å². The van der Waals surface area contributed by atoms with E-state index in [9.17, 15) is 4.79 Å². The molecule has 1 amide bonds. The lowest BCUT2D eigenvalue weighted by molar-refractivity contribution is -0.119. The van der Waals surface area contributed by atoms with Crippen LogP contribution < -0.4 is 14.4 Å². The van der Waals surface area contributed by atoms with E-state index in [2.05, 4.69) is 30.9 Å². The summed E-state index contributed by atoms with van der Waals surface area (Å²) in [5.41, 5.74) is 3.43. The number of nitrogens with zero attached hydrogens (tertiary/aromatic N) is 2. The molecule has 1 aliphatic rings. The highest BCUT2D eigenvalue weighted by atomic mass is 16.5. The maximum atomic E-state index is 12.8. The smallest absolute Gasteiger partial charge is 0.226 e. The summed E-state index contributed by atoms with van der Waals surface area (Å²) >= 11 is 0. The van der Waals surface area contributed by atoms with Gasteiger partial charge in [-0.1, -0.05) is 38.5 Å². The van der Waals surface area contributed by atoms with Gasteiger partial charge in [0.25, 0.3) is 0 Å². The van der Waals surface area contributed by atoms with E-state index in [1.54, 1.807) is 14.2 Å². The van der Waals surface area contributed by atoms with Crippen LogP contribution in [0.2, 0.25) is 0 Å². The van der Waals surface area contributed by atoms with Crippen molar-refractivity contribution in [3.8, 4) is 11.5 Å². The summed E-state index contributed by atoms with van der Waals surface area (Å²) in [6, 6.07) is 15.1. The highest BCUT2D eigenvalue weighted by Gasteiger charge is 2.30. The molecular weight excluding hydrogens is 424 g/mol. The molecule has 0 aromatic heterocycles. The van der Waals surface area contributed by atoms with Crippen LogP contribution in [0.3, 0.4) is 0 Å². The van der Waals surface area contributed by atoms with Gasteiger partial charge in [-0.3, -0.25) is 4.79 Å². The summed E-state index contributed by atoms with van der Waals surface area (Å²) in [5.74, 6) is 2.13. The molecule has 1 atom stereocenters. The zero-order chi connectivity index (χ0) is 24.5. The third-order valence-corrected chi connectivity index (χ3v) is 7.09. The Morgan fingerprint density at radius 3 is 2.24 bits per heavy atom. The van der Waals surface area contributed by atoms with Crippen LogP contribution >= 0.6 is 0 Å². The van der Waals surface area contributed by atoms with Gasteiger partial charge in [0.1, 0.15) is 11.5 Å². The fourth-order valence-electron chi connectivity index (χ4n) is 5.10. The molecule has 1 saturated heterocycles. The van der Waals surface area contributed by atoms with Crippen molar-refractivity contribution >= 4 is 11.6 Å². The summed E-state index contributed by atoms with van der Waals surface area (Å²) in [4.78, 5) is 17.4. The number of methoxy groups -OCH3 is 2. The normalized spacial score (nSPS) is 15.7. The largest absolute Gasteiger partial charge is 0.496 e. The SMILES string of the molecule is CCCCc1cc(OC)c(CC(C)N2CCC(N(C(=O)CC)c3ccccc3)CC2)cc1OC. The average molecular weight is 467 g/mol. The molecule has 5 nitrogen and oxygen atoms in total. The number of rotatable bonds is 11. The molecule has 1 aliphatic heterocycles. The Morgan fingerprint density at radius 1 is 1.03 bits per heavy atom. The Kier molecular flexibility index (Phi) is 9.82. The van der Waals surface area contributed by atoms with Crippen LogP contribution in [0.15, 0.2) is 42.5 Å². The van der Waals surface area contributed by atoms with E-state index >= 15 is 0 Å². The summed E-state index contributed by atoms with van der Waals surface area (Å²) in [6.45, 7) is 8.43. The van der Waals surface area contributed by atoms with Gasteiger partial charge in [-0.15, -0.1) is 0 Å². The van der Waals surface area contributed by atoms with Crippen LogP contribution in [0, 0.1) is 0 Å². The number of benzene rings is 2. The van der Waals surface area contributed by atoms with Crippen LogP contribution in [-0.4, -0.2) is 50.2 Å². The van der Waals surface area contributed by atoms with E-state index in [-0.39, 0.29) is 11.9 Å². The quantitative estimate of drug-likeness (QED) is 0.414. The first-order chi connectivity index (χ1) is 16.5. The Hall–Kier alpha value is -2.53. The van der Waals surface area contributed by atoms with Crippen LogP contribution in [-0.2, 0) is 17.6 Å². The number of piperidine rings is 1. The number of anilines is 1. The molecule has 1 fully saturated rings. The molecule has 2 aromatic carbocycles. The minimum atomic E-state index is 0.206. The van der Waals surface area contributed by atoms with Crippen LogP contribution in [0.25, 0.3) is 0 Å². The Morgan fingerprint density at radius 2 is 1.65 bits per heavy atom. The fourth-order valence-corrected chi connectivity index (χ4v) is 5.10. The lowest BCUT2D eigenvalue weighted by atomic mass is 9.96. The number of unbranched alkanes of at least 4 members (excludes halogenated alkanes) is 1. The molecule has 1 unspecified atom stereocenters. The first-order valence-electron chi connectivity index (χ1n) is 12.9. The topological polar surface area (TPSA) is 42.0 Å². The van der Waals surface area contributed by atoms with Gasteiger partial charge >= 0.3 is 0 Å². The molecule has 0 aliphatic carbocycles. The van der Waals surface area contributed by atoms with Gasteiger partial charge in [-0.05, 0) is 74.4 Å². The number of hydrogen-bond donors (Lipinski definition) is 0. The van der Waals surface area contributed by atoms with Gasteiger partial charge in [0.15, 0.2) is 0 Å². The van der Waals surface area contributed by atoms with Gasteiger partial charge in [-0.2, -0.15) is 0 Å². The second-order valence-electron chi connectivity index (χ2n) is 9.35. The highest BCUT2D eigenvalue weighted by molar-refractivity contribution is 5.93. The molecule has 2 aromatic rings. The number of carbonyl (C=O) groups excluding carboxylic acids is 1. The predicted octanol–water partition coefficient (Wildman–Crippen LogP) is 5.89. The first-order valence-corrected chi connectivity index (χ1v) is 12.9. The maximum absolute atomic E-state index is 12.8. The highest BCUT2D eigenvalue weighted by Crippen LogP contribution is 2.32. The zero-order valence-electron chi connectivity index (χ0n) is 21.7. The average Bonchev–Trinajstić information content (AvgIpc) is 2.88. The van der Waals surface area contributed by atoms with Gasteiger partial charge in [-0.25, -0.2) is 0 Å². The standard InChI is InChI=1S/C29H42N2O3/c1-6-8-12-23-20-28(34-5)24(21-27(23)33-4)19-22(3)30-17-15-26(16-18-30)31(29(32)7-2)25-13-10-9-11-14-25/h9-11,13-14,20-22,26H,6-8,12,15-19H2,1-5H3. The van der Waals surface area contributed by atoms with Crippen LogP contribution in [0.5, 0.6) is 11.5 Å². The lowest BCUT2D eigenvalue weighted by Gasteiger charge is -2.41. The number of amides is 1. The minimum absolute atomic E-state index is 0.206. The number of aryl methyl sites for hydroxylation is 1. The zero-order valence-corrected chi connectivity index (χ0v) is 21.7. The van der Waals surface area contributed by atoms with Gasteiger partial charge in [0.05, 0.1) is 14.2 Å². The number of likely N-dealkylation sites (tertiary alicyclic amines) is 1. The second kappa shape index (κ2) is 12.8. The summed E-state index contributed by atoms with van der Waals surface area (Å²) in [5, 5.41) is 0. The summed E-state index contributed by atoms with van der Waals surface area (Å²) in [6.07, 6.45) is 6.73. The number of ether oxygens (including phenoxy) is 2. The van der Waals surface area contributed by atoms with Crippen molar-refractivity contribution < 1.29 is 14.3 Å². The third kappa shape index (κ3) is 6.32. The predicted molar refractivity (Wildman–Crippen MR) is 140 cm³/mol. The Bertz CT molecular complexity index is 907. The molecule has 5 heteroatoms. The Labute approximate surface area is 206 Å². The van der Waals surface area contributed by atoms with Crippen molar-refractivity contribution in [1.82, 2.24) is 4.90 Å². The second-order valence-corrected chi connectivity index (χ2v) is 9.35. The third-order valence-electron chi connectivity index (χ3n) is 7.09. The summed E-state index contributed by atoms with van der Waals surface area (Å²) < 4.78 is 11.5. The molecule has 0 N–H and O–H groups in total. The molecular formula is C29H42N2O3. The van der Waals surface area contributed by atoms with Crippen molar-refractivity contribution in [3.05, 3.63) is 53.6 Å². The Balaban J connectivity index is 1.67. The van der Waals surface area contributed by atoms with Crippen LogP contribution in [0.1, 0.15) is 64.0 Å². The van der Waals surface area contributed by atoms with Crippen molar-refractivity contribution in [2.45, 2.75) is 77.8 Å². The molecule has 34 heavy (non-hydrogen) atoms. The van der Waals surface area contributed by atoms with Crippen LogP contribution in [0.4, 0.5) is 5.69 Å². The van der Waals surface area contributed by atoms with Crippen molar-refractivity contribution in [1.29, 1.82) is 0 Å². The van der Waals surface area contributed by atoms with E-state index in [4.69, 9.17) is 9.47 Å². The molecule has 0 bridgehead atoms. The van der Waals surface area contributed by atoms with Gasteiger partial charge in [0.2, 0.25) is 5.91 Å².